The summed E-state index contributed by atoms with van der Waals surface area (Å²) in [5.41, 5.74) is 14.0. The number of hydrogen-bond acceptors (Lipinski definition) is 3. The van der Waals surface area contributed by atoms with Gasteiger partial charge < -0.3 is 4.74 Å². The summed E-state index contributed by atoms with van der Waals surface area (Å²) in [5.74, 6) is 2.48. The Hall–Kier alpha value is -7.10. The first-order valence-electron chi connectivity index (χ1n) is 17.9. The van der Waals surface area contributed by atoms with E-state index in [0.29, 0.717) is 5.82 Å². The lowest BCUT2D eigenvalue weighted by Gasteiger charge is -2.22. The number of rotatable bonds is 6. The molecule has 2 heterocycles. The highest BCUT2D eigenvalue weighted by atomic mass is 16.5. The standard InChI is InChI=1S/C50H32N2O/c1-4-12-33(13-5-1)40-28-41(34-14-6-2-7-15-34)30-42(29-40)46-32-45(51-50(52-46)38-16-8-3-9-17-38)36-24-22-35(23-25-36)39-26-27-47-44(31-39)43-20-10-18-37-19-11-21-48(53-47)49(37)43/h1-32H. The van der Waals surface area contributed by atoms with Crippen molar-refractivity contribution in [3.05, 3.63) is 194 Å². The molecule has 0 unspecified atom stereocenters. The summed E-state index contributed by atoms with van der Waals surface area (Å²) in [6.07, 6.45) is 0. The van der Waals surface area contributed by atoms with Crippen molar-refractivity contribution in [3.8, 4) is 89.9 Å². The third kappa shape index (κ3) is 5.75. The predicted octanol–water partition coefficient (Wildman–Crippen LogP) is 13.4. The molecule has 248 valence electrons. The van der Waals surface area contributed by atoms with E-state index in [1.807, 2.05) is 24.3 Å². The molecular weight excluding hydrogens is 645 g/mol. The summed E-state index contributed by atoms with van der Waals surface area (Å²) in [6.45, 7) is 0. The molecule has 0 spiro atoms. The fourth-order valence-electron chi connectivity index (χ4n) is 7.41. The zero-order valence-corrected chi connectivity index (χ0v) is 28.8. The smallest absolute Gasteiger partial charge is 0.160 e. The predicted molar refractivity (Wildman–Crippen MR) is 218 cm³/mol. The molecular formula is C50H32N2O. The third-order valence-corrected chi connectivity index (χ3v) is 10.1. The molecule has 0 amide bonds. The largest absolute Gasteiger partial charge is 0.456 e. The number of benzene rings is 8. The first kappa shape index (κ1) is 30.7. The Bertz CT molecular complexity index is 2710. The van der Waals surface area contributed by atoms with Gasteiger partial charge in [0.15, 0.2) is 5.82 Å². The highest BCUT2D eigenvalue weighted by Gasteiger charge is 2.20. The molecule has 1 aliphatic rings. The van der Waals surface area contributed by atoms with Crippen molar-refractivity contribution in [3.63, 3.8) is 0 Å². The number of aromatic nitrogens is 2. The Morgan fingerprint density at radius 3 is 1.49 bits per heavy atom. The average molecular weight is 677 g/mol. The third-order valence-electron chi connectivity index (χ3n) is 10.1. The maximum absolute atomic E-state index is 6.36. The van der Waals surface area contributed by atoms with Gasteiger partial charge in [0, 0.05) is 27.6 Å². The van der Waals surface area contributed by atoms with Crippen LogP contribution in [0.3, 0.4) is 0 Å². The molecule has 0 aliphatic carbocycles. The van der Waals surface area contributed by atoms with E-state index < -0.39 is 0 Å². The summed E-state index contributed by atoms with van der Waals surface area (Å²) in [6, 6.07) is 68.0. The van der Waals surface area contributed by atoms with E-state index in [9.17, 15) is 0 Å². The molecule has 0 fully saturated rings. The van der Waals surface area contributed by atoms with Crippen molar-refractivity contribution in [1.82, 2.24) is 9.97 Å². The van der Waals surface area contributed by atoms with Crippen LogP contribution in [-0.2, 0) is 0 Å². The molecule has 8 aromatic carbocycles. The Morgan fingerprint density at radius 2 is 0.830 bits per heavy atom. The second-order valence-electron chi connectivity index (χ2n) is 13.4. The van der Waals surface area contributed by atoms with Crippen LogP contribution in [0.25, 0.3) is 89.2 Å². The van der Waals surface area contributed by atoms with Crippen molar-refractivity contribution < 1.29 is 4.74 Å². The van der Waals surface area contributed by atoms with Gasteiger partial charge in [0.1, 0.15) is 11.5 Å². The van der Waals surface area contributed by atoms with E-state index in [-0.39, 0.29) is 0 Å². The van der Waals surface area contributed by atoms with Gasteiger partial charge in [-0.3, -0.25) is 0 Å². The summed E-state index contributed by atoms with van der Waals surface area (Å²) >= 11 is 0. The molecule has 53 heavy (non-hydrogen) atoms. The molecule has 0 radical (unpaired) electrons. The molecule has 1 aromatic heterocycles. The zero-order valence-electron chi connectivity index (χ0n) is 28.8. The van der Waals surface area contributed by atoms with Gasteiger partial charge in [0.05, 0.1) is 11.4 Å². The molecule has 0 bridgehead atoms. The van der Waals surface area contributed by atoms with Crippen LogP contribution in [0, 0.1) is 0 Å². The van der Waals surface area contributed by atoms with Crippen molar-refractivity contribution >= 4 is 10.8 Å². The van der Waals surface area contributed by atoms with Gasteiger partial charge >= 0.3 is 0 Å². The van der Waals surface area contributed by atoms with Gasteiger partial charge in [0.25, 0.3) is 0 Å². The van der Waals surface area contributed by atoms with Gasteiger partial charge in [0.2, 0.25) is 0 Å². The quantitative estimate of drug-likeness (QED) is 0.176. The minimum atomic E-state index is 0.692. The summed E-state index contributed by atoms with van der Waals surface area (Å²) < 4.78 is 6.36. The lowest BCUT2D eigenvalue weighted by atomic mass is 9.92. The van der Waals surface area contributed by atoms with E-state index in [2.05, 4.69) is 170 Å². The summed E-state index contributed by atoms with van der Waals surface area (Å²) in [5, 5.41) is 2.34. The van der Waals surface area contributed by atoms with Crippen LogP contribution in [0.1, 0.15) is 0 Å². The molecule has 0 N–H and O–H groups in total. The average Bonchev–Trinajstić information content (AvgIpc) is 3.24. The van der Waals surface area contributed by atoms with Gasteiger partial charge in [-0.2, -0.15) is 0 Å². The summed E-state index contributed by atoms with van der Waals surface area (Å²) in [4.78, 5) is 10.3. The molecule has 1 aliphatic heterocycles. The Balaban J connectivity index is 1.07. The second-order valence-corrected chi connectivity index (χ2v) is 13.4. The van der Waals surface area contributed by atoms with Crippen LogP contribution in [-0.4, -0.2) is 9.97 Å². The van der Waals surface area contributed by atoms with E-state index in [4.69, 9.17) is 14.7 Å². The molecule has 9 aromatic rings. The molecule has 10 rings (SSSR count). The molecule has 0 saturated heterocycles. The lowest BCUT2D eigenvalue weighted by Crippen LogP contribution is -1.97. The molecule has 0 saturated carbocycles. The topological polar surface area (TPSA) is 35.0 Å². The first-order chi connectivity index (χ1) is 26.2. The molecule has 3 nitrogen and oxygen atoms in total. The highest BCUT2D eigenvalue weighted by molar-refractivity contribution is 6.04. The van der Waals surface area contributed by atoms with E-state index >= 15 is 0 Å². The van der Waals surface area contributed by atoms with Crippen molar-refractivity contribution in [2.45, 2.75) is 0 Å². The van der Waals surface area contributed by atoms with E-state index in [1.165, 1.54) is 10.9 Å². The normalized spacial score (nSPS) is 11.5. The maximum Gasteiger partial charge on any atom is 0.160 e. The monoisotopic (exact) mass is 676 g/mol. The first-order valence-corrected chi connectivity index (χ1v) is 17.9. The van der Waals surface area contributed by atoms with E-state index in [1.54, 1.807) is 0 Å². The number of hydrogen-bond donors (Lipinski definition) is 0. The SMILES string of the molecule is c1ccc(-c2cc(-c3ccccc3)cc(-c3cc(-c4ccc(-c5ccc6c(c5)-c5cccc7cccc(c57)O6)cc4)nc(-c4ccccc4)n3)c2)cc1. The van der Waals surface area contributed by atoms with Gasteiger partial charge in [-0.05, 0) is 86.8 Å². The van der Waals surface area contributed by atoms with Gasteiger partial charge in [-0.25, -0.2) is 9.97 Å². The second kappa shape index (κ2) is 12.9. The maximum atomic E-state index is 6.36. The van der Waals surface area contributed by atoms with Crippen LogP contribution in [0.4, 0.5) is 0 Å². The summed E-state index contributed by atoms with van der Waals surface area (Å²) in [7, 11) is 0. The highest BCUT2D eigenvalue weighted by Crippen LogP contribution is 2.47. The van der Waals surface area contributed by atoms with Crippen molar-refractivity contribution in [2.75, 3.05) is 0 Å². The molecule has 0 atom stereocenters. The minimum Gasteiger partial charge on any atom is -0.456 e. The Morgan fingerprint density at radius 1 is 0.302 bits per heavy atom. The fourth-order valence-corrected chi connectivity index (χ4v) is 7.41. The van der Waals surface area contributed by atoms with Crippen LogP contribution < -0.4 is 4.74 Å². The number of ether oxygens (including phenoxy) is 1. The number of nitrogens with zero attached hydrogens (tertiary/aromatic N) is 2. The van der Waals surface area contributed by atoms with Crippen LogP contribution >= 0.6 is 0 Å². The fraction of sp³-hybridized carbons (Fsp3) is 0. The van der Waals surface area contributed by atoms with Gasteiger partial charge in [-0.1, -0.05) is 152 Å². The Labute approximate surface area is 308 Å². The van der Waals surface area contributed by atoms with Crippen LogP contribution in [0.2, 0.25) is 0 Å². The zero-order chi connectivity index (χ0) is 35.1. The number of fused-ring (bicyclic) bond motifs is 2. The van der Waals surface area contributed by atoms with Crippen molar-refractivity contribution in [2.24, 2.45) is 0 Å². The lowest BCUT2D eigenvalue weighted by molar-refractivity contribution is 0.487. The van der Waals surface area contributed by atoms with Crippen LogP contribution in [0.15, 0.2) is 194 Å². The molecule has 3 heteroatoms. The Kier molecular flexibility index (Phi) is 7.47. The van der Waals surface area contributed by atoms with E-state index in [0.717, 1.165) is 83.9 Å². The van der Waals surface area contributed by atoms with Gasteiger partial charge in [-0.15, -0.1) is 0 Å². The minimum absolute atomic E-state index is 0.692. The van der Waals surface area contributed by atoms with Crippen LogP contribution in [0.5, 0.6) is 11.5 Å². The van der Waals surface area contributed by atoms with Crippen molar-refractivity contribution in [1.29, 1.82) is 0 Å².